The Morgan fingerprint density at radius 2 is 1.79 bits per heavy atom. The fraction of sp³-hybridized carbons (Fsp3) is 0.182. The summed E-state index contributed by atoms with van der Waals surface area (Å²) < 4.78 is 5.15. The largest absolute Gasteiger partial charge is 0.497 e. The molecular weight excluding hydrogens is 354 g/mol. The number of fused-ring (bicyclic) bond motifs is 1. The predicted molar refractivity (Wildman–Crippen MR) is 110 cm³/mol. The smallest absolute Gasteiger partial charge is 0.319 e. The van der Waals surface area contributed by atoms with Gasteiger partial charge in [-0.05, 0) is 35.7 Å². The van der Waals surface area contributed by atoms with E-state index in [4.69, 9.17) is 4.74 Å². The Morgan fingerprint density at radius 1 is 1.04 bits per heavy atom. The summed E-state index contributed by atoms with van der Waals surface area (Å²) in [7, 11) is 1.60. The van der Waals surface area contributed by atoms with Gasteiger partial charge in [0.15, 0.2) is 0 Å². The lowest BCUT2D eigenvalue weighted by atomic mass is 10.1. The number of amides is 3. The first kappa shape index (κ1) is 17.9. The number of carbonyl (C=O) groups excluding carboxylic acids is 2. The Bertz CT molecular complexity index is 1010. The maximum atomic E-state index is 12.5. The summed E-state index contributed by atoms with van der Waals surface area (Å²) >= 11 is 0. The highest BCUT2D eigenvalue weighted by molar-refractivity contribution is 6.02. The number of nitrogens with zero attached hydrogens (tertiary/aromatic N) is 1. The third-order valence-electron chi connectivity index (χ3n) is 4.88. The topological polar surface area (TPSA) is 70.7 Å². The van der Waals surface area contributed by atoms with Crippen molar-refractivity contribution < 1.29 is 14.3 Å². The number of rotatable bonds is 4. The van der Waals surface area contributed by atoms with Gasteiger partial charge in [-0.3, -0.25) is 4.79 Å². The molecule has 0 aliphatic carbocycles. The van der Waals surface area contributed by atoms with E-state index < -0.39 is 0 Å². The molecule has 1 atom stereocenters. The summed E-state index contributed by atoms with van der Waals surface area (Å²) in [6, 6.07) is 20.4. The van der Waals surface area contributed by atoms with Crippen LogP contribution in [0.1, 0.15) is 6.42 Å². The van der Waals surface area contributed by atoms with Crippen molar-refractivity contribution in [3.05, 3.63) is 66.7 Å². The number of carbonyl (C=O) groups is 2. The van der Waals surface area contributed by atoms with Crippen LogP contribution in [0.2, 0.25) is 0 Å². The summed E-state index contributed by atoms with van der Waals surface area (Å²) in [5, 5.41) is 7.84. The molecule has 142 valence electrons. The normalized spacial score (nSPS) is 16.2. The van der Waals surface area contributed by atoms with E-state index in [0.29, 0.717) is 6.54 Å². The third-order valence-corrected chi connectivity index (χ3v) is 4.88. The molecule has 0 aromatic heterocycles. The first-order valence-corrected chi connectivity index (χ1v) is 9.14. The zero-order valence-electron chi connectivity index (χ0n) is 15.5. The Hall–Kier alpha value is -3.54. The highest BCUT2D eigenvalue weighted by atomic mass is 16.5. The molecule has 0 radical (unpaired) electrons. The number of hydrogen-bond acceptors (Lipinski definition) is 3. The predicted octanol–water partition coefficient (Wildman–Crippen LogP) is 3.78. The van der Waals surface area contributed by atoms with Crippen LogP contribution in [-0.2, 0) is 4.79 Å². The standard InChI is InChI=1S/C22H21N3O3/c1-28-18-11-9-17(10-12-18)25-14-16(13-21(25)26)23-22(27)24-20-8-4-6-15-5-2-3-7-19(15)20/h2-12,16H,13-14H2,1H3,(H2,23,24,27)/t16-/m1/s1. The molecule has 1 fully saturated rings. The van der Waals surface area contributed by atoms with Crippen LogP contribution in [0.5, 0.6) is 5.75 Å². The van der Waals surface area contributed by atoms with Gasteiger partial charge in [0.25, 0.3) is 0 Å². The molecule has 1 aliphatic heterocycles. The van der Waals surface area contributed by atoms with Crippen molar-refractivity contribution in [3.8, 4) is 5.75 Å². The average Bonchev–Trinajstić information content (AvgIpc) is 3.08. The highest BCUT2D eigenvalue weighted by Crippen LogP contribution is 2.25. The second-order valence-corrected chi connectivity index (χ2v) is 6.73. The lowest BCUT2D eigenvalue weighted by Gasteiger charge is -2.18. The Kier molecular flexibility index (Phi) is 4.85. The zero-order chi connectivity index (χ0) is 19.5. The van der Waals surface area contributed by atoms with Gasteiger partial charge in [0, 0.05) is 24.0 Å². The highest BCUT2D eigenvalue weighted by Gasteiger charge is 2.31. The minimum atomic E-state index is -0.314. The Morgan fingerprint density at radius 3 is 2.57 bits per heavy atom. The molecule has 0 saturated carbocycles. The summed E-state index contributed by atoms with van der Waals surface area (Å²) in [4.78, 5) is 26.5. The first-order valence-electron chi connectivity index (χ1n) is 9.14. The van der Waals surface area contributed by atoms with Gasteiger partial charge in [-0.1, -0.05) is 36.4 Å². The Labute approximate surface area is 163 Å². The van der Waals surface area contributed by atoms with Gasteiger partial charge in [-0.15, -0.1) is 0 Å². The molecule has 2 N–H and O–H groups in total. The lowest BCUT2D eigenvalue weighted by molar-refractivity contribution is -0.117. The van der Waals surface area contributed by atoms with Gasteiger partial charge in [-0.25, -0.2) is 4.79 Å². The second-order valence-electron chi connectivity index (χ2n) is 6.73. The van der Waals surface area contributed by atoms with Crippen molar-refractivity contribution in [2.75, 3.05) is 23.9 Å². The zero-order valence-corrected chi connectivity index (χ0v) is 15.5. The quantitative estimate of drug-likeness (QED) is 0.729. The minimum Gasteiger partial charge on any atom is -0.497 e. The number of methoxy groups -OCH3 is 1. The van der Waals surface area contributed by atoms with Crippen molar-refractivity contribution in [2.24, 2.45) is 0 Å². The van der Waals surface area contributed by atoms with Gasteiger partial charge >= 0.3 is 6.03 Å². The summed E-state index contributed by atoms with van der Waals surface area (Å²) in [6.07, 6.45) is 0.273. The van der Waals surface area contributed by atoms with E-state index >= 15 is 0 Å². The molecular formula is C22H21N3O3. The molecule has 0 unspecified atom stereocenters. The van der Waals surface area contributed by atoms with E-state index in [9.17, 15) is 9.59 Å². The van der Waals surface area contributed by atoms with E-state index in [0.717, 1.165) is 27.9 Å². The van der Waals surface area contributed by atoms with E-state index in [1.165, 1.54) is 0 Å². The molecule has 28 heavy (non-hydrogen) atoms. The van der Waals surface area contributed by atoms with Crippen LogP contribution >= 0.6 is 0 Å². The lowest BCUT2D eigenvalue weighted by Crippen LogP contribution is -2.39. The number of urea groups is 1. The van der Waals surface area contributed by atoms with Crippen molar-refractivity contribution in [1.82, 2.24) is 5.32 Å². The summed E-state index contributed by atoms with van der Waals surface area (Å²) in [5.41, 5.74) is 1.54. The van der Waals surface area contributed by atoms with Crippen molar-refractivity contribution in [1.29, 1.82) is 0 Å². The van der Waals surface area contributed by atoms with Crippen LogP contribution in [0, 0.1) is 0 Å². The van der Waals surface area contributed by atoms with Crippen LogP contribution in [0.4, 0.5) is 16.2 Å². The van der Waals surface area contributed by atoms with Gasteiger partial charge in [0.05, 0.1) is 18.8 Å². The third kappa shape index (κ3) is 3.62. The van der Waals surface area contributed by atoms with Crippen LogP contribution in [-0.4, -0.2) is 31.6 Å². The van der Waals surface area contributed by atoms with E-state index in [1.807, 2.05) is 66.7 Å². The average molecular weight is 375 g/mol. The van der Waals surface area contributed by atoms with Gasteiger partial charge in [0.1, 0.15) is 5.75 Å². The van der Waals surface area contributed by atoms with Crippen LogP contribution in [0.25, 0.3) is 10.8 Å². The molecule has 1 heterocycles. The van der Waals surface area contributed by atoms with E-state index in [-0.39, 0.29) is 24.4 Å². The molecule has 6 nitrogen and oxygen atoms in total. The minimum absolute atomic E-state index is 0.0133. The first-order chi connectivity index (χ1) is 13.6. The fourth-order valence-corrected chi connectivity index (χ4v) is 3.49. The molecule has 3 aromatic rings. The number of hydrogen-bond donors (Lipinski definition) is 2. The van der Waals surface area contributed by atoms with Crippen LogP contribution in [0.15, 0.2) is 66.7 Å². The summed E-state index contributed by atoms with van der Waals surface area (Å²) in [5.74, 6) is 0.722. The fourth-order valence-electron chi connectivity index (χ4n) is 3.49. The molecule has 6 heteroatoms. The van der Waals surface area contributed by atoms with Crippen molar-refractivity contribution in [3.63, 3.8) is 0 Å². The number of nitrogens with one attached hydrogen (secondary N) is 2. The molecule has 1 aliphatic rings. The Balaban J connectivity index is 1.41. The van der Waals surface area contributed by atoms with Crippen molar-refractivity contribution >= 4 is 34.1 Å². The van der Waals surface area contributed by atoms with Gasteiger partial charge < -0.3 is 20.3 Å². The SMILES string of the molecule is COc1ccc(N2C[C@H](NC(=O)Nc3cccc4ccccc34)CC2=O)cc1. The van der Waals surface area contributed by atoms with Gasteiger partial charge in [-0.2, -0.15) is 0 Å². The van der Waals surface area contributed by atoms with Crippen molar-refractivity contribution in [2.45, 2.75) is 12.5 Å². The molecule has 0 spiro atoms. The van der Waals surface area contributed by atoms with E-state index in [2.05, 4.69) is 10.6 Å². The van der Waals surface area contributed by atoms with Gasteiger partial charge in [0.2, 0.25) is 5.91 Å². The monoisotopic (exact) mass is 375 g/mol. The molecule has 4 rings (SSSR count). The van der Waals surface area contributed by atoms with Crippen LogP contribution in [0.3, 0.4) is 0 Å². The molecule has 1 saturated heterocycles. The number of anilines is 2. The van der Waals surface area contributed by atoms with E-state index in [1.54, 1.807) is 12.0 Å². The number of ether oxygens (including phenoxy) is 1. The second kappa shape index (κ2) is 7.60. The van der Waals surface area contributed by atoms with Crippen LogP contribution < -0.4 is 20.3 Å². The number of benzene rings is 3. The maximum Gasteiger partial charge on any atom is 0.319 e. The summed E-state index contributed by atoms with van der Waals surface area (Å²) in [6.45, 7) is 0.439. The molecule has 0 bridgehead atoms. The molecule has 3 amide bonds. The molecule has 3 aromatic carbocycles. The maximum absolute atomic E-state index is 12.5.